The molecule has 7 heteroatoms. The molecule has 0 unspecified atom stereocenters. The molecule has 0 bridgehead atoms. The lowest BCUT2D eigenvalue weighted by Gasteiger charge is -2.18. The summed E-state index contributed by atoms with van der Waals surface area (Å²) in [5.41, 5.74) is 6.51. The average molecular weight is 313 g/mol. The van der Waals surface area contributed by atoms with Crippen LogP contribution in [-0.2, 0) is 14.4 Å². The standard InChI is InChI=1S/C16H15N3O4/c1-10(20)19(13-7-5-11(17)6-8-13)16(23)15(22)18-12-3-2-4-14(21)9-12/h2-9,21H,17H2,1H3,(H,18,22). The van der Waals surface area contributed by atoms with E-state index in [-0.39, 0.29) is 17.1 Å². The molecule has 2 rings (SSSR count). The van der Waals surface area contributed by atoms with Gasteiger partial charge in [-0.2, -0.15) is 0 Å². The third-order valence-corrected chi connectivity index (χ3v) is 2.97. The van der Waals surface area contributed by atoms with Crippen molar-refractivity contribution in [2.24, 2.45) is 0 Å². The molecule has 2 aromatic carbocycles. The van der Waals surface area contributed by atoms with Crippen LogP contribution in [0.25, 0.3) is 0 Å². The number of rotatable bonds is 2. The number of hydrogen-bond donors (Lipinski definition) is 3. The predicted molar refractivity (Wildman–Crippen MR) is 85.8 cm³/mol. The van der Waals surface area contributed by atoms with Crippen molar-refractivity contribution in [1.82, 2.24) is 0 Å². The Kier molecular flexibility index (Phi) is 4.61. The summed E-state index contributed by atoms with van der Waals surface area (Å²) in [7, 11) is 0. The van der Waals surface area contributed by atoms with Crippen LogP contribution in [0.4, 0.5) is 17.1 Å². The van der Waals surface area contributed by atoms with Crippen LogP contribution in [0.3, 0.4) is 0 Å². The first-order chi connectivity index (χ1) is 10.9. The summed E-state index contributed by atoms with van der Waals surface area (Å²) in [6, 6.07) is 11.7. The molecule has 0 saturated carbocycles. The van der Waals surface area contributed by atoms with Gasteiger partial charge in [-0.25, -0.2) is 4.90 Å². The van der Waals surface area contributed by atoms with E-state index in [1.165, 1.54) is 55.5 Å². The molecule has 0 fully saturated rings. The van der Waals surface area contributed by atoms with Gasteiger partial charge < -0.3 is 16.2 Å². The van der Waals surface area contributed by atoms with E-state index in [0.717, 1.165) is 4.90 Å². The normalized spacial score (nSPS) is 9.96. The molecular weight excluding hydrogens is 298 g/mol. The molecule has 0 aliphatic rings. The molecule has 3 amide bonds. The van der Waals surface area contributed by atoms with Gasteiger partial charge in [-0.05, 0) is 36.4 Å². The molecule has 4 N–H and O–H groups in total. The quantitative estimate of drug-likeness (QED) is 0.574. The number of nitrogen functional groups attached to an aromatic ring is 1. The Labute approximate surface area is 132 Å². The monoisotopic (exact) mass is 313 g/mol. The Morgan fingerprint density at radius 3 is 2.30 bits per heavy atom. The number of amides is 3. The van der Waals surface area contributed by atoms with Gasteiger partial charge in [0.25, 0.3) is 0 Å². The van der Waals surface area contributed by atoms with Crippen molar-refractivity contribution in [1.29, 1.82) is 0 Å². The second kappa shape index (κ2) is 6.61. The first-order valence-electron chi connectivity index (χ1n) is 6.69. The number of carbonyl (C=O) groups is 3. The summed E-state index contributed by atoms with van der Waals surface area (Å²) in [4.78, 5) is 36.8. The molecule has 0 aromatic heterocycles. The van der Waals surface area contributed by atoms with E-state index in [1.54, 1.807) is 0 Å². The van der Waals surface area contributed by atoms with Crippen LogP contribution in [-0.4, -0.2) is 22.8 Å². The zero-order valence-electron chi connectivity index (χ0n) is 12.3. The Morgan fingerprint density at radius 1 is 1.09 bits per heavy atom. The number of nitrogens with two attached hydrogens (primary N) is 1. The van der Waals surface area contributed by atoms with Crippen LogP contribution in [0, 0.1) is 0 Å². The Morgan fingerprint density at radius 2 is 1.74 bits per heavy atom. The summed E-state index contributed by atoms with van der Waals surface area (Å²) in [5.74, 6) is -2.70. The summed E-state index contributed by atoms with van der Waals surface area (Å²) >= 11 is 0. The van der Waals surface area contributed by atoms with E-state index in [2.05, 4.69) is 5.32 Å². The lowest BCUT2D eigenvalue weighted by atomic mass is 10.2. The van der Waals surface area contributed by atoms with Gasteiger partial charge in [-0.15, -0.1) is 0 Å². The molecule has 0 spiro atoms. The summed E-state index contributed by atoms with van der Waals surface area (Å²) in [6.07, 6.45) is 0. The van der Waals surface area contributed by atoms with E-state index >= 15 is 0 Å². The average Bonchev–Trinajstić information content (AvgIpc) is 2.49. The van der Waals surface area contributed by atoms with Gasteiger partial charge in [0, 0.05) is 24.4 Å². The zero-order chi connectivity index (χ0) is 17.0. The van der Waals surface area contributed by atoms with Gasteiger partial charge in [0.05, 0.1) is 5.69 Å². The van der Waals surface area contributed by atoms with E-state index < -0.39 is 17.7 Å². The number of imide groups is 1. The molecule has 7 nitrogen and oxygen atoms in total. The van der Waals surface area contributed by atoms with Gasteiger partial charge in [0.2, 0.25) is 5.91 Å². The fourth-order valence-electron chi connectivity index (χ4n) is 1.94. The zero-order valence-corrected chi connectivity index (χ0v) is 12.3. The lowest BCUT2D eigenvalue weighted by Crippen LogP contribution is -2.42. The third kappa shape index (κ3) is 3.85. The number of benzene rings is 2. The highest BCUT2D eigenvalue weighted by atomic mass is 16.3. The van der Waals surface area contributed by atoms with Crippen LogP contribution in [0.15, 0.2) is 48.5 Å². The number of hydrogen-bond acceptors (Lipinski definition) is 5. The van der Waals surface area contributed by atoms with E-state index in [1.807, 2.05) is 0 Å². The smallest absolute Gasteiger partial charge is 0.323 e. The first-order valence-corrected chi connectivity index (χ1v) is 6.69. The van der Waals surface area contributed by atoms with Crippen molar-refractivity contribution in [2.45, 2.75) is 6.92 Å². The maximum atomic E-state index is 12.3. The molecule has 118 valence electrons. The molecule has 0 saturated heterocycles. The maximum absolute atomic E-state index is 12.3. The van der Waals surface area contributed by atoms with Crippen LogP contribution in [0.5, 0.6) is 5.75 Å². The molecule has 2 aromatic rings. The fraction of sp³-hybridized carbons (Fsp3) is 0.0625. The lowest BCUT2D eigenvalue weighted by molar-refractivity contribution is -0.136. The van der Waals surface area contributed by atoms with E-state index in [0.29, 0.717) is 5.69 Å². The Hall–Kier alpha value is -3.35. The summed E-state index contributed by atoms with van der Waals surface area (Å²) in [5, 5.41) is 11.7. The highest BCUT2D eigenvalue weighted by molar-refractivity contribution is 6.48. The fourth-order valence-corrected chi connectivity index (χ4v) is 1.94. The Bertz CT molecular complexity index is 756. The molecule has 23 heavy (non-hydrogen) atoms. The highest BCUT2D eigenvalue weighted by Gasteiger charge is 2.26. The first kappa shape index (κ1) is 16.0. The highest BCUT2D eigenvalue weighted by Crippen LogP contribution is 2.19. The molecule has 0 heterocycles. The van der Waals surface area contributed by atoms with Gasteiger partial charge in [0.15, 0.2) is 0 Å². The Balaban J connectivity index is 2.22. The van der Waals surface area contributed by atoms with Crippen LogP contribution in [0.1, 0.15) is 6.92 Å². The third-order valence-electron chi connectivity index (χ3n) is 2.97. The topological polar surface area (TPSA) is 113 Å². The molecular formula is C16H15N3O4. The summed E-state index contributed by atoms with van der Waals surface area (Å²) in [6.45, 7) is 1.18. The molecule has 0 radical (unpaired) electrons. The minimum atomic E-state index is -1.04. The number of carbonyl (C=O) groups excluding carboxylic acids is 3. The van der Waals surface area contributed by atoms with Crippen molar-refractivity contribution < 1.29 is 19.5 Å². The number of phenolic OH excluding ortho intramolecular Hbond substituents is 1. The number of aromatic hydroxyl groups is 1. The molecule has 0 aliphatic carbocycles. The maximum Gasteiger partial charge on any atom is 0.323 e. The van der Waals surface area contributed by atoms with Crippen molar-refractivity contribution in [3.05, 3.63) is 48.5 Å². The summed E-state index contributed by atoms with van der Waals surface area (Å²) < 4.78 is 0. The van der Waals surface area contributed by atoms with Crippen LogP contribution in [0.2, 0.25) is 0 Å². The molecule has 0 atom stereocenters. The number of anilines is 3. The van der Waals surface area contributed by atoms with Crippen molar-refractivity contribution in [3.63, 3.8) is 0 Å². The van der Waals surface area contributed by atoms with Crippen LogP contribution < -0.4 is 16.0 Å². The minimum Gasteiger partial charge on any atom is -0.508 e. The largest absolute Gasteiger partial charge is 0.508 e. The van der Waals surface area contributed by atoms with Crippen molar-refractivity contribution in [2.75, 3.05) is 16.0 Å². The number of phenols is 1. The van der Waals surface area contributed by atoms with Crippen molar-refractivity contribution in [3.8, 4) is 5.75 Å². The van der Waals surface area contributed by atoms with Crippen LogP contribution >= 0.6 is 0 Å². The van der Waals surface area contributed by atoms with E-state index in [9.17, 15) is 19.5 Å². The SMILES string of the molecule is CC(=O)N(C(=O)C(=O)Nc1cccc(O)c1)c1ccc(N)cc1. The van der Waals surface area contributed by atoms with Gasteiger partial charge in [-0.1, -0.05) is 6.07 Å². The second-order valence-corrected chi connectivity index (χ2v) is 4.76. The van der Waals surface area contributed by atoms with E-state index in [4.69, 9.17) is 5.73 Å². The second-order valence-electron chi connectivity index (χ2n) is 4.76. The predicted octanol–water partition coefficient (Wildman–Crippen LogP) is 1.49. The number of nitrogens with zero attached hydrogens (tertiary/aromatic N) is 1. The van der Waals surface area contributed by atoms with Gasteiger partial charge in [-0.3, -0.25) is 14.4 Å². The number of nitrogens with one attached hydrogen (secondary N) is 1. The van der Waals surface area contributed by atoms with Gasteiger partial charge >= 0.3 is 11.8 Å². The molecule has 0 aliphatic heterocycles. The van der Waals surface area contributed by atoms with Crippen molar-refractivity contribution >= 4 is 34.8 Å². The minimum absolute atomic E-state index is 0.0581. The van der Waals surface area contributed by atoms with Gasteiger partial charge in [0.1, 0.15) is 5.75 Å².